The van der Waals surface area contributed by atoms with Gasteiger partial charge in [-0.15, -0.1) is 11.8 Å². The molecule has 0 fully saturated rings. The quantitative estimate of drug-likeness (QED) is 0.599. The molecule has 2 amide bonds. The number of carbonyl (C=O) groups is 2. The molecular formula is C18H19FN2O2S. The third-order valence-corrected chi connectivity index (χ3v) is 4.26. The van der Waals surface area contributed by atoms with Gasteiger partial charge in [0.1, 0.15) is 5.82 Å². The number of carbonyl (C=O) groups excluding carboxylic acids is 2. The van der Waals surface area contributed by atoms with Crippen molar-refractivity contribution in [1.82, 2.24) is 10.6 Å². The number of halogens is 1. The van der Waals surface area contributed by atoms with Gasteiger partial charge in [-0.3, -0.25) is 9.59 Å². The molecule has 0 unspecified atom stereocenters. The van der Waals surface area contributed by atoms with Gasteiger partial charge in [-0.25, -0.2) is 4.39 Å². The lowest BCUT2D eigenvalue weighted by atomic mass is 10.2. The topological polar surface area (TPSA) is 58.2 Å². The fraction of sp³-hybridized carbons (Fsp3) is 0.222. The molecule has 0 aliphatic rings. The molecule has 0 aliphatic carbocycles. The Bertz CT molecular complexity index is 704. The van der Waals surface area contributed by atoms with Crippen LogP contribution in [-0.2, 0) is 4.79 Å². The first kappa shape index (κ1) is 18.0. The number of benzene rings is 2. The van der Waals surface area contributed by atoms with E-state index in [1.807, 2.05) is 31.2 Å². The van der Waals surface area contributed by atoms with Crippen molar-refractivity contribution in [3.05, 3.63) is 65.5 Å². The van der Waals surface area contributed by atoms with Crippen LogP contribution < -0.4 is 10.6 Å². The van der Waals surface area contributed by atoms with Crippen molar-refractivity contribution >= 4 is 23.6 Å². The Morgan fingerprint density at radius 2 is 1.75 bits per heavy atom. The monoisotopic (exact) mass is 346 g/mol. The van der Waals surface area contributed by atoms with Crippen LogP contribution in [-0.4, -0.2) is 30.7 Å². The van der Waals surface area contributed by atoms with E-state index in [9.17, 15) is 14.0 Å². The fourth-order valence-electron chi connectivity index (χ4n) is 1.96. The molecule has 0 heterocycles. The number of amides is 2. The summed E-state index contributed by atoms with van der Waals surface area (Å²) in [6.45, 7) is 2.35. The maximum Gasteiger partial charge on any atom is 0.254 e. The Balaban J connectivity index is 1.65. The fourth-order valence-corrected chi connectivity index (χ4v) is 2.73. The molecule has 0 aromatic heterocycles. The van der Waals surface area contributed by atoms with E-state index in [0.29, 0.717) is 6.54 Å². The Hall–Kier alpha value is -2.34. The first-order valence-corrected chi connectivity index (χ1v) is 8.54. The number of aryl methyl sites for hydroxylation is 1. The first-order chi connectivity index (χ1) is 11.6. The van der Waals surface area contributed by atoms with Crippen molar-refractivity contribution in [2.24, 2.45) is 0 Å². The van der Waals surface area contributed by atoms with Crippen LogP contribution in [0.1, 0.15) is 15.9 Å². The van der Waals surface area contributed by atoms with Crippen LogP contribution >= 0.6 is 11.8 Å². The first-order valence-electron chi connectivity index (χ1n) is 7.55. The van der Waals surface area contributed by atoms with Crippen molar-refractivity contribution in [1.29, 1.82) is 0 Å². The smallest absolute Gasteiger partial charge is 0.254 e. The van der Waals surface area contributed by atoms with E-state index >= 15 is 0 Å². The molecule has 2 aromatic rings. The number of rotatable bonds is 7. The van der Waals surface area contributed by atoms with Crippen molar-refractivity contribution in [3.63, 3.8) is 0 Å². The number of hydrogen-bond acceptors (Lipinski definition) is 3. The van der Waals surface area contributed by atoms with Crippen LogP contribution in [0, 0.1) is 12.7 Å². The largest absolute Gasteiger partial charge is 0.354 e. The maximum absolute atomic E-state index is 13.4. The maximum atomic E-state index is 13.4. The van der Waals surface area contributed by atoms with E-state index in [4.69, 9.17) is 0 Å². The molecule has 126 valence electrons. The van der Waals surface area contributed by atoms with E-state index in [1.165, 1.54) is 23.8 Å². The molecular weight excluding hydrogens is 327 g/mol. The molecule has 24 heavy (non-hydrogen) atoms. The summed E-state index contributed by atoms with van der Waals surface area (Å²) in [5.41, 5.74) is 1.14. The van der Waals surface area contributed by atoms with Crippen LogP contribution in [0.5, 0.6) is 0 Å². The second-order valence-corrected chi connectivity index (χ2v) is 6.34. The minimum absolute atomic E-state index is 0.0692. The molecule has 0 spiro atoms. The molecule has 0 aliphatic heterocycles. The van der Waals surface area contributed by atoms with Gasteiger partial charge in [0.05, 0.1) is 12.1 Å². The molecule has 2 aromatic carbocycles. The van der Waals surface area contributed by atoms with Gasteiger partial charge in [-0.1, -0.05) is 29.8 Å². The predicted octanol–water partition coefficient (Wildman–Crippen LogP) is 2.77. The lowest BCUT2D eigenvalue weighted by molar-refractivity contribution is -0.120. The molecule has 0 atom stereocenters. The van der Waals surface area contributed by atoms with Crippen molar-refractivity contribution in [3.8, 4) is 0 Å². The Morgan fingerprint density at radius 1 is 1.04 bits per heavy atom. The van der Waals surface area contributed by atoms with Crippen LogP contribution in [0.15, 0.2) is 53.4 Å². The zero-order valence-electron chi connectivity index (χ0n) is 13.3. The molecule has 6 heteroatoms. The Kier molecular flexibility index (Phi) is 6.81. The van der Waals surface area contributed by atoms with E-state index in [2.05, 4.69) is 10.6 Å². The normalized spacial score (nSPS) is 10.2. The lowest BCUT2D eigenvalue weighted by Gasteiger charge is -2.07. The molecule has 0 saturated carbocycles. The molecule has 0 bridgehead atoms. The standard InChI is InChI=1S/C18H19FN2O2S/c1-13-6-8-14(9-7-13)24-11-10-20-17(22)12-21-18(23)15-4-2-3-5-16(15)19/h2-9H,10-12H2,1H3,(H,20,22)(H,21,23). The highest BCUT2D eigenvalue weighted by Crippen LogP contribution is 2.17. The predicted molar refractivity (Wildman–Crippen MR) is 93.6 cm³/mol. The molecule has 0 radical (unpaired) electrons. The third kappa shape index (κ3) is 5.70. The van der Waals surface area contributed by atoms with Crippen molar-refractivity contribution in [2.45, 2.75) is 11.8 Å². The van der Waals surface area contributed by atoms with E-state index in [1.54, 1.807) is 17.8 Å². The van der Waals surface area contributed by atoms with Crippen LogP contribution in [0.4, 0.5) is 4.39 Å². The van der Waals surface area contributed by atoms with Gasteiger partial charge >= 0.3 is 0 Å². The van der Waals surface area contributed by atoms with E-state index in [0.717, 1.165) is 10.6 Å². The van der Waals surface area contributed by atoms with Gasteiger partial charge in [0.15, 0.2) is 0 Å². The zero-order chi connectivity index (χ0) is 17.4. The summed E-state index contributed by atoms with van der Waals surface area (Å²) >= 11 is 1.64. The number of thioether (sulfide) groups is 1. The summed E-state index contributed by atoms with van der Waals surface area (Å²) in [6, 6.07) is 13.8. The van der Waals surface area contributed by atoms with Gasteiger partial charge in [-0.2, -0.15) is 0 Å². The summed E-state index contributed by atoms with van der Waals surface area (Å²) in [7, 11) is 0. The van der Waals surface area contributed by atoms with Gasteiger partial charge < -0.3 is 10.6 Å². The second kappa shape index (κ2) is 9.08. The highest BCUT2D eigenvalue weighted by Gasteiger charge is 2.11. The minimum atomic E-state index is -0.607. The summed E-state index contributed by atoms with van der Waals surface area (Å²) in [4.78, 5) is 24.6. The molecule has 4 nitrogen and oxygen atoms in total. The Morgan fingerprint density at radius 3 is 2.46 bits per heavy atom. The third-order valence-electron chi connectivity index (χ3n) is 3.24. The highest BCUT2D eigenvalue weighted by molar-refractivity contribution is 7.99. The zero-order valence-corrected chi connectivity index (χ0v) is 14.2. The molecule has 2 rings (SSSR count). The number of hydrogen-bond donors (Lipinski definition) is 2. The van der Waals surface area contributed by atoms with Gasteiger partial charge in [0, 0.05) is 17.2 Å². The molecule has 2 N–H and O–H groups in total. The van der Waals surface area contributed by atoms with E-state index < -0.39 is 11.7 Å². The van der Waals surface area contributed by atoms with Gasteiger partial charge in [-0.05, 0) is 31.2 Å². The lowest BCUT2D eigenvalue weighted by Crippen LogP contribution is -2.38. The molecule has 0 saturated heterocycles. The summed E-state index contributed by atoms with van der Waals surface area (Å²) in [5, 5.41) is 5.12. The second-order valence-electron chi connectivity index (χ2n) is 5.17. The summed E-state index contributed by atoms with van der Waals surface area (Å²) < 4.78 is 13.4. The Labute approximate surface area is 144 Å². The average Bonchev–Trinajstić information content (AvgIpc) is 2.58. The highest BCUT2D eigenvalue weighted by atomic mass is 32.2. The summed E-state index contributed by atoms with van der Waals surface area (Å²) in [6.07, 6.45) is 0. The van der Waals surface area contributed by atoms with Crippen LogP contribution in [0.2, 0.25) is 0 Å². The average molecular weight is 346 g/mol. The summed E-state index contributed by atoms with van der Waals surface area (Å²) in [5.74, 6) is -0.776. The number of nitrogens with one attached hydrogen (secondary N) is 2. The minimum Gasteiger partial charge on any atom is -0.354 e. The van der Waals surface area contributed by atoms with Gasteiger partial charge in [0.2, 0.25) is 5.91 Å². The van der Waals surface area contributed by atoms with Gasteiger partial charge in [0.25, 0.3) is 5.91 Å². The van der Waals surface area contributed by atoms with E-state index in [-0.39, 0.29) is 18.0 Å². The van der Waals surface area contributed by atoms with Crippen molar-refractivity contribution < 1.29 is 14.0 Å². The van der Waals surface area contributed by atoms with Crippen molar-refractivity contribution in [2.75, 3.05) is 18.8 Å². The van der Waals surface area contributed by atoms with Crippen LogP contribution in [0.3, 0.4) is 0 Å². The van der Waals surface area contributed by atoms with Crippen LogP contribution in [0.25, 0.3) is 0 Å². The SMILES string of the molecule is Cc1ccc(SCCNC(=O)CNC(=O)c2ccccc2F)cc1.